The molecule has 7 heteroatoms. The molecule has 2 N–H and O–H groups in total. The molecule has 6 nitrogen and oxygen atoms in total. The molecule has 1 amide bonds. The largest absolute Gasteiger partial charge is 0.325 e. The Bertz CT molecular complexity index is 1030. The van der Waals surface area contributed by atoms with Crippen LogP contribution in [0, 0.1) is 0 Å². The molecule has 0 bridgehead atoms. The standard InChI is InChI=1S/C19H19N3O3S/c1-20-26(24,25)17-9-6-14(7-10-17)8-11-19(23)22-16-12-15-4-2-3-5-18(15)21-13-16/h2-7,9-10,12-13,20H,8,11H2,1H3,(H,22,23). The van der Waals surface area contributed by atoms with Gasteiger partial charge in [-0.2, -0.15) is 0 Å². The molecule has 0 saturated heterocycles. The van der Waals surface area contributed by atoms with Crippen LogP contribution in [0.4, 0.5) is 5.69 Å². The van der Waals surface area contributed by atoms with Gasteiger partial charge >= 0.3 is 0 Å². The Morgan fingerprint density at radius 2 is 1.81 bits per heavy atom. The zero-order valence-electron chi connectivity index (χ0n) is 14.3. The van der Waals surface area contributed by atoms with Crippen LogP contribution >= 0.6 is 0 Å². The van der Waals surface area contributed by atoms with Crippen molar-refractivity contribution in [1.29, 1.82) is 0 Å². The Hall–Kier alpha value is -2.77. The fourth-order valence-corrected chi connectivity index (χ4v) is 3.30. The van der Waals surface area contributed by atoms with E-state index in [9.17, 15) is 13.2 Å². The average molecular weight is 369 g/mol. The monoisotopic (exact) mass is 369 g/mol. The Kier molecular flexibility index (Phi) is 5.29. The van der Waals surface area contributed by atoms with Gasteiger partial charge in [0.25, 0.3) is 0 Å². The van der Waals surface area contributed by atoms with Crippen molar-refractivity contribution in [1.82, 2.24) is 9.71 Å². The predicted molar refractivity (Wildman–Crippen MR) is 101 cm³/mol. The molecular weight excluding hydrogens is 350 g/mol. The molecule has 134 valence electrons. The van der Waals surface area contributed by atoms with Crippen molar-refractivity contribution in [3.8, 4) is 0 Å². The summed E-state index contributed by atoms with van der Waals surface area (Å²) in [7, 11) is -2.07. The number of nitrogens with one attached hydrogen (secondary N) is 2. The highest BCUT2D eigenvalue weighted by Crippen LogP contribution is 2.17. The van der Waals surface area contributed by atoms with Crippen LogP contribution in [0.15, 0.2) is 65.7 Å². The van der Waals surface area contributed by atoms with E-state index in [-0.39, 0.29) is 10.8 Å². The minimum absolute atomic E-state index is 0.117. The number of fused-ring (bicyclic) bond motifs is 1. The normalized spacial score (nSPS) is 11.4. The van der Waals surface area contributed by atoms with E-state index in [1.165, 1.54) is 19.2 Å². The summed E-state index contributed by atoms with van der Waals surface area (Å²) in [4.78, 5) is 16.7. The molecule has 0 spiro atoms. The first-order valence-corrected chi connectivity index (χ1v) is 9.63. The number of aromatic nitrogens is 1. The summed E-state index contributed by atoms with van der Waals surface area (Å²) in [6.07, 6.45) is 2.45. The summed E-state index contributed by atoms with van der Waals surface area (Å²) in [5.74, 6) is -0.117. The number of carbonyl (C=O) groups excluding carboxylic acids is 1. The number of sulfonamides is 1. The van der Waals surface area contributed by atoms with Crippen LogP contribution in [0.3, 0.4) is 0 Å². The molecule has 0 unspecified atom stereocenters. The van der Waals surface area contributed by atoms with Crippen molar-refractivity contribution in [2.75, 3.05) is 12.4 Å². The van der Waals surface area contributed by atoms with Gasteiger partial charge in [0.2, 0.25) is 15.9 Å². The first-order chi connectivity index (χ1) is 12.5. The van der Waals surface area contributed by atoms with Crippen LogP contribution in [0.2, 0.25) is 0 Å². The van der Waals surface area contributed by atoms with Crippen LogP contribution in [0.5, 0.6) is 0 Å². The Labute approximate surface area is 152 Å². The highest BCUT2D eigenvalue weighted by molar-refractivity contribution is 7.89. The number of para-hydroxylation sites is 1. The predicted octanol–water partition coefficient (Wildman–Crippen LogP) is 2.71. The Morgan fingerprint density at radius 1 is 1.08 bits per heavy atom. The lowest BCUT2D eigenvalue weighted by Crippen LogP contribution is -2.18. The van der Waals surface area contributed by atoms with E-state index in [1.54, 1.807) is 18.3 Å². The second kappa shape index (κ2) is 7.63. The molecule has 0 aliphatic rings. The van der Waals surface area contributed by atoms with Gasteiger partial charge in [0.15, 0.2) is 0 Å². The number of hydrogen-bond donors (Lipinski definition) is 2. The van der Waals surface area contributed by atoms with Gasteiger partial charge in [-0.3, -0.25) is 9.78 Å². The van der Waals surface area contributed by atoms with Crippen molar-refractivity contribution in [2.45, 2.75) is 17.7 Å². The molecule has 3 aromatic rings. The maximum atomic E-state index is 12.1. The van der Waals surface area contributed by atoms with Crippen molar-refractivity contribution >= 4 is 32.5 Å². The summed E-state index contributed by atoms with van der Waals surface area (Å²) in [6.45, 7) is 0. The second-order valence-electron chi connectivity index (χ2n) is 5.82. The topological polar surface area (TPSA) is 88.2 Å². The summed E-state index contributed by atoms with van der Waals surface area (Å²) in [5.41, 5.74) is 2.43. The van der Waals surface area contributed by atoms with Gasteiger partial charge in [-0.1, -0.05) is 30.3 Å². The van der Waals surface area contributed by atoms with Crippen LogP contribution in [0.25, 0.3) is 10.9 Å². The molecule has 2 aromatic carbocycles. The molecule has 0 aliphatic heterocycles. The Morgan fingerprint density at radius 3 is 2.54 bits per heavy atom. The van der Waals surface area contributed by atoms with E-state index >= 15 is 0 Å². The molecular formula is C19H19N3O3S. The molecule has 1 heterocycles. The molecule has 3 rings (SSSR count). The minimum atomic E-state index is -3.44. The maximum absolute atomic E-state index is 12.1. The quantitative estimate of drug-likeness (QED) is 0.699. The van der Waals surface area contributed by atoms with Crippen LogP contribution < -0.4 is 10.0 Å². The fourth-order valence-electron chi connectivity index (χ4n) is 2.57. The third-order valence-electron chi connectivity index (χ3n) is 4.02. The van der Waals surface area contributed by atoms with Gasteiger partial charge in [-0.05, 0) is 43.3 Å². The number of rotatable bonds is 6. The van der Waals surface area contributed by atoms with E-state index in [1.807, 2.05) is 30.3 Å². The smallest absolute Gasteiger partial charge is 0.240 e. The van der Waals surface area contributed by atoms with Crippen molar-refractivity contribution in [3.05, 3.63) is 66.4 Å². The second-order valence-corrected chi connectivity index (χ2v) is 7.70. The number of amides is 1. The highest BCUT2D eigenvalue weighted by Gasteiger charge is 2.11. The summed E-state index contributed by atoms with van der Waals surface area (Å²) in [5, 5.41) is 3.81. The van der Waals surface area contributed by atoms with Crippen molar-refractivity contribution in [2.24, 2.45) is 0 Å². The zero-order valence-corrected chi connectivity index (χ0v) is 15.1. The minimum Gasteiger partial charge on any atom is -0.325 e. The number of anilines is 1. The van der Waals surface area contributed by atoms with Gasteiger partial charge in [0.05, 0.1) is 22.3 Å². The number of aryl methyl sites for hydroxylation is 1. The first-order valence-electron chi connectivity index (χ1n) is 8.15. The number of nitrogens with zero attached hydrogens (tertiary/aromatic N) is 1. The van der Waals surface area contributed by atoms with Gasteiger partial charge in [0, 0.05) is 11.8 Å². The van der Waals surface area contributed by atoms with Crippen molar-refractivity contribution < 1.29 is 13.2 Å². The van der Waals surface area contributed by atoms with Gasteiger partial charge in [-0.15, -0.1) is 0 Å². The average Bonchev–Trinajstić information content (AvgIpc) is 2.66. The molecule has 0 radical (unpaired) electrons. The number of pyridine rings is 1. The number of hydrogen-bond acceptors (Lipinski definition) is 4. The van der Waals surface area contributed by atoms with E-state index in [0.717, 1.165) is 16.5 Å². The lowest BCUT2D eigenvalue weighted by atomic mass is 10.1. The summed E-state index contributed by atoms with van der Waals surface area (Å²) in [6, 6.07) is 16.1. The van der Waals surface area contributed by atoms with Crippen LogP contribution in [-0.2, 0) is 21.2 Å². The third-order valence-corrected chi connectivity index (χ3v) is 5.45. The summed E-state index contributed by atoms with van der Waals surface area (Å²) >= 11 is 0. The lowest BCUT2D eigenvalue weighted by Gasteiger charge is -2.07. The molecule has 26 heavy (non-hydrogen) atoms. The van der Waals surface area contributed by atoms with Gasteiger partial charge < -0.3 is 5.32 Å². The molecule has 0 atom stereocenters. The molecule has 0 fully saturated rings. The van der Waals surface area contributed by atoms with Crippen molar-refractivity contribution in [3.63, 3.8) is 0 Å². The third kappa shape index (κ3) is 4.25. The number of benzene rings is 2. The maximum Gasteiger partial charge on any atom is 0.240 e. The van der Waals surface area contributed by atoms with E-state index in [2.05, 4.69) is 15.0 Å². The van der Waals surface area contributed by atoms with Crippen LogP contribution in [0.1, 0.15) is 12.0 Å². The van der Waals surface area contributed by atoms with Crippen LogP contribution in [-0.4, -0.2) is 26.4 Å². The van der Waals surface area contributed by atoms with E-state index < -0.39 is 10.0 Å². The van der Waals surface area contributed by atoms with E-state index in [4.69, 9.17) is 0 Å². The lowest BCUT2D eigenvalue weighted by molar-refractivity contribution is -0.116. The molecule has 1 aromatic heterocycles. The highest BCUT2D eigenvalue weighted by atomic mass is 32.2. The molecule has 0 saturated carbocycles. The number of carbonyl (C=O) groups is 1. The van der Waals surface area contributed by atoms with Gasteiger partial charge in [-0.25, -0.2) is 13.1 Å². The zero-order chi connectivity index (χ0) is 18.6. The SMILES string of the molecule is CNS(=O)(=O)c1ccc(CCC(=O)Nc2cnc3ccccc3c2)cc1. The molecule has 0 aliphatic carbocycles. The van der Waals surface area contributed by atoms with Gasteiger partial charge in [0.1, 0.15) is 0 Å². The Balaban J connectivity index is 1.59. The fraction of sp³-hybridized carbons (Fsp3) is 0.158. The summed E-state index contributed by atoms with van der Waals surface area (Å²) < 4.78 is 25.7. The van der Waals surface area contributed by atoms with E-state index in [0.29, 0.717) is 18.5 Å². The first kappa shape index (κ1) is 18.0.